The number of carbonyl (C=O) groups is 1. The molecule has 0 aromatic heterocycles. The summed E-state index contributed by atoms with van der Waals surface area (Å²) in [7, 11) is 1.58. The van der Waals surface area contributed by atoms with Crippen molar-refractivity contribution < 1.29 is 18.3 Å². The number of methoxy groups -OCH3 is 1. The molecule has 1 aliphatic heterocycles. The lowest BCUT2D eigenvalue weighted by Crippen LogP contribution is -2.43. The van der Waals surface area contributed by atoms with Crippen molar-refractivity contribution in [2.75, 3.05) is 26.8 Å². The summed E-state index contributed by atoms with van der Waals surface area (Å²) >= 11 is 6.10. The first kappa shape index (κ1) is 22.6. The maximum absolute atomic E-state index is 13.9. The SMILES string of the molecule is COCCNC(=O)[C@@H]1C[C@H](NCc2cc(F)ccc2F)CN1Cc1cccc(Cl)c1. The van der Waals surface area contributed by atoms with Crippen LogP contribution in [-0.4, -0.2) is 49.7 Å². The predicted molar refractivity (Wildman–Crippen MR) is 112 cm³/mol. The Morgan fingerprint density at radius 1 is 1.27 bits per heavy atom. The van der Waals surface area contributed by atoms with Crippen molar-refractivity contribution >= 4 is 17.5 Å². The molecule has 5 nitrogen and oxygen atoms in total. The lowest BCUT2D eigenvalue weighted by atomic mass is 10.1. The van der Waals surface area contributed by atoms with Gasteiger partial charge < -0.3 is 15.4 Å². The molecule has 2 aromatic rings. The van der Waals surface area contributed by atoms with Gasteiger partial charge in [0.15, 0.2) is 0 Å². The number of carbonyl (C=O) groups excluding carboxylic acids is 1. The Morgan fingerprint density at radius 3 is 2.87 bits per heavy atom. The van der Waals surface area contributed by atoms with Crippen molar-refractivity contribution in [2.24, 2.45) is 0 Å². The van der Waals surface area contributed by atoms with Crippen LogP contribution in [0.3, 0.4) is 0 Å². The maximum Gasteiger partial charge on any atom is 0.237 e. The molecular weight excluding hydrogens is 412 g/mol. The largest absolute Gasteiger partial charge is 0.383 e. The van der Waals surface area contributed by atoms with Crippen LogP contribution in [0, 0.1) is 11.6 Å². The second-order valence-corrected chi connectivity index (χ2v) is 7.84. The van der Waals surface area contributed by atoms with Crippen molar-refractivity contribution in [1.82, 2.24) is 15.5 Å². The van der Waals surface area contributed by atoms with E-state index in [-0.39, 0.29) is 30.1 Å². The standard InChI is InChI=1S/C22H26ClF2N3O2/c1-30-8-7-26-22(29)21-11-19(27-12-16-10-18(24)5-6-20(16)25)14-28(21)13-15-3-2-4-17(23)9-15/h2-6,9-10,19,21,27H,7-8,11-14H2,1H3,(H,26,29)/t19-,21-/m0/s1. The van der Waals surface area contributed by atoms with Crippen LogP contribution < -0.4 is 10.6 Å². The van der Waals surface area contributed by atoms with Crippen molar-refractivity contribution in [1.29, 1.82) is 0 Å². The number of hydrogen-bond acceptors (Lipinski definition) is 4. The number of halogens is 3. The van der Waals surface area contributed by atoms with E-state index in [4.69, 9.17) is 16.3 Å². The fraction of sp³-hybridized carbons (Fsp3) is 0.409. The first-order valence-corrected chi connectivity index (χ1v) is 10.3. The third kappa shape index (κ3) is 6.22. The molecule has 2 atom stereocenters. The molecule has 1 fully saturated rings. The Balaban J connectivity index is 1.67. The molecule has 0 unspecified atom stereocenters. The molecule has 162 valence electrons. The minimum Gasteiger partial charge on any atom is -0.383 e. The summed E-state index contributed by atoms with van der Waals surface area (Å²) in [5.41, 5.74) is 1.28. The fourth-order valence-corrected chi connectivity index (χ4v) is 3.91. The van der Waals surface area contributed by atoms with Crippen molar-refractivity contribution in [3.05, 3.63) is 70.2 Å². The van der Waals surface area contributed by atoms with Gasteiger partial charge >= 0.3 is 0 Å². The molecule has 1 saturated heterocycles. The monoisotopic (exact) mass is 437 g/mol. The van der Waals surface area contributed by atoms with E-state index in [1.807, 2.05) is 24.3 Å². The fourth-order valence-electron chi connectivity index (χ4n) is 3.70. The minimum atomic E-state index is -0.474. The molecule has 3 rings (SSSR count). The average Bonchev–Trinajstić information content (AvgIpc) is 3.11. The molecule has 1 heterocycles. The number of hydrogen-bond donors (Lipinski definition) is 2. The molecule has 2 N–H and O–H groups in total. The number of benzene rings is 2. The van der Waals surface area contributed by atoms with Crippen LogP contribution in [0.15, 0.2) is 42.5 Å². The summed E-state index contributed by atoms with van der Waals surface area (Å²) in [6, 6.07) is 10.6. The number of nitrogens with one attached hydrogen (secondary N) is 2. The Hall–Kier alpha value is -2.06. The number of likely N-dealkylation sites (tertiary alicyclic amines) is 1. The van der Waals surface area contributed by atoms with Gasteiger partial charge in [-0.2, -0.15) is 0 Å². The zero-order valence-electron chi connectivity index (χ0n) is 16.8. The second kappa shape index (κ2) is 10.8. The van der Waals surface area contributed by atoms with Crippen molar-refractivity contribution in [3.63, 3.8) is 0 Å². The topological polar surface area (TPSA) is 53.6 Å². The molecule has 30 heavy (non-hydrogen) atoms. The normalized spacial score (nSPS) is 19.2. The van der Waals surface area contributed by atoms with E-state index < -0.39 is 11.6 Å². The summed E-state index contributed by atoms with van der Waals surface area (Å²) in [6.07, 6.45) is 0.566. The van der Waals surface area contributed by atoms with E-state index >= 15 is 0 Å². The molecule has 0 bridgehead atoms. The molecule has 2 aromatic carbocycles. The van der Waals surface area contributed by atoms with Gasteiger partial charge in [-0.05, 0) is 42.3 Å². The zero-order chi connectivity index (χ0) is 21.5. The van der Waals surface area contributed by atoms with E-state index in [9.17, 15) is 13.6 Å². The molecule has 8 heteroatoms. The molecule has 1 aliphatic rings. The summed E-state index contributed by atoms with van der Waals surface area (Å²) in [6.45, 7) is 2.23. The summed E-state index contributed by atoms with van der Waals surface area (Å²) in [5.74, 6) is -1.00. The number of rotatable bonds is 9. The highest BCUT2D eigenvalue weighted by molar-refractivity contribution is 6.30. The van der Waals surface area contributed by atoms with Crippen LogP contribution in [-0.2, 0) is 22.6 Å². The van der Waals surface area contributed by atoms with Crippen LogP contribution in [0.1, 0.15) is 17.5 Å². The van der Waals surface area contributed by atoms with E-state index in [2.05, 4.69) is 15.5 Å². The first-order valence-electron chi connectivity index (χ1n) is 9.88. The molecule has 0 radical (unpaired) electrons. The zero-order valence-corrected chi connectivity index (χ0v) is 17.6. The van der Waals surface area contributed by atoms with Crippen LogP contribution in [0.5, 0.6) is 0 Å². The van der Waals surface area contributed by atoms with Crippen LogP contribution in [0.2, 0.25) is 5.02 Å². The van der Waals surface area contributed by atoms with Crippen LogP contribution in [0.25, 0.3) is 0 Å². The third-order valence-electron chi connectivity index (χ3n) is 5.18. The Labute approximate surface area is 180 Å². The minimum absolute atomic E-state index is 0.0370. The number of amides is 1. The van der Waals surface area contributed by atoms with Crippen molar-refractivity contribution in [3.8, 4) is 0 Å². The second-order valence-electron chi connectivity index (χ2n) is 7.41. The summed E-state index contributed by atoms with van der Waals surface area (Å²) < 4.78 is 32.3. The Bertz CT molecular complexity index is 868. The van der Waals surface area contributed by atoms with Crippen LogP contribution in [0.4, 0.5) is 8.78 Å². The van der Waals surface area contributed by atoms with Gasteiger partial charge in [0.25, 0.3) is 0 Å². The van der Waals surface area contributed by atoms with Gasteiger partial charge in [0.05, 0.1) is 12.6 Å². The van der Waals surface area contributed by atoms with Gasteiger partial charge in [-0.3, -0.25) is 9.69 Å². The van der Waals surface area contributed by atoms with Gasteiger partial charge in [-0.25, -0.2) is 8.78 Å². The average molecular weight is 438 g/mol. The first-order chi connectivity index (χ1) is 14.5. The van der Waals surface area contributed by atoms with E-state index in [1.54, 1.807) is 7.11 Å². The number of ether oxygens (including phenoxy) is 1. The Kier molecular flexibility index (Phi) is 8.16. The molecule has 0 saturated carbocycles. The van der Waals surface area contributed by atoms with E-state index in [0.717, 1.165) is 17.7 Å². The van der Waals surface area contributed by atoms with Gasteiger partial charge in [0.2, 0.25) is 5.91 Å². The smallest absolute Gasteiger partial charge is 0.237 e. The maximum atomic E-state index is 13.9. The molecule has 1 amide bonds. The highest BCUT2D eigenvalue weighted by Gasteiger charge is 2.36. The Morgan fingerprint density at radius 2 is 2.10 bits per heavy atom. The molecule has 0 aliphatic carbocycles. The molecular formula is C22H26ClF2N3O2. The lowest BCUT2D eigenvalue weighted by Gasteiger charge is -2.23. The molecule has 0 spiro atoms. The highest BCUT2D eigenvalue weighted by atomic mass is 35.5. The number of nitrogens with zero attached hydrogens (tertiary/aromatic N) is 1. The van der Waals surface area contributed by atoms with Crippen LogP contribution >= 0.6 is 11.6 Å². The highest BCUT2D eigenvalue weighted by Crippen LogP contribution is 2.23. The van der Waals surface area contributed by atoms with E-state index in [1.165, 1.54) is 6.07 Å². The van der Waals surface area contributed by atoms with E-state index in [0.29, 0.717) is 37.7 Å². The predicted octanol–water partition coefficient (Wildman–Crippen LogP) is 3.11. The summed E-state index contributed by atoms with van der Waals surface area (Å²) in [5, 5.41) is 6.80. The lowest BCUT2D eigenvalue weighted by molar-refractivity contribution is -0.125. The van der Waals surface area contributed by atoms with Gasteiger partial charge in [0, 0.05) is 49.9 Å². The quantitative estimate of drug-likeness (QED) is 0.592. The summed E-state index contributed by atoms with van der Waals surface area (Å²) in [4.78, 5) is 14.8. The van der Waals surface area contributed by atoms with Gasteiger partial charge in [-0.1, -0.05) is 23.7 Å². The van der Waals surface area contributed by atoms with Crippen molar-refractivity contribution in [2.45, 2.75) is 31.6 Å². The van der Waals surface area contributed by atoms with Gasteiger partial charge in [0.1, 0.15) is 11.6 Å². The third-order valence-corrected chi connectivity index (χ3v) is 5.41. The van der Waals surface area contributed by atoms with Gasteiger partial charge in [-0.15, -0.1) is 0 Å².